The van der Waals surface area contributed by atoms with Crippen LogP contribution in [0, 0.1) is 5.41 Å². The van der Waals surface area contributed by atoms with Crippen LogP contribution in [0.1, 0.15) is 97.3 Å². The van der Waals surface area contributed by atoms with Crippen molar-refractivity contribution in [1.82, 2.24) is 4.31 Å². The van der Waals surface area contributed by atoms with Gasteiger partial charge in [0, 0.05) is 43.3 Å². The van der Waals surface area contributed by atoms with Gasteiger partial charge in [-0.25, -0.2) is 8.42 Å². The second-order valence-electron chi connectivity index (χ2n) is 14.0. The molecule has 6 rings (SSSR count). The van der Waals surface area contributed by atoms with Crippen LogP contribution in [0.15, 0.2) is 75.8 Å². The van der Waals surface area contributed by atoms with Crippen LogP contribution in [0.3, 0.4) is 0 Å². The van der Waals surface area contributed by atoms with Crippen molar-refractivity contribution in [3.8, 4) is 0 Å². The van der Waals surface area contributed by atoms with E-state index in [1.807, 2.05) is 26.0 Å². The maximum atomic E-state index is 14.2. The van der Waals surface area contributed by atoms with Crippen LogP contribution in [0.4, 0.5) is 13.2 Å². The number of rotatable bonds is 10. The van der Waals surface area contributed by atoms with E-state index in [4.69, 9.17) is 4.74 Å². The Morgan fingerprint density at radius 1 is 1.10 bits per heavy atom. The molecule has 2 bridgehead atoms. The van der Waals surface area contributed by atoms with Gasteiger partial charge in [-0.15, -0.1) is 11.3 Å². The summed E-state index contributed by atoms with van der Waals surface area (Å²) in [5.41, 5.74) is -0.909. The van der Waals surface area contributed by atoms with Crippen molar-refractivity contribution in [3.05, 3.63) is 99.4 Å². The number of aliphatic hydroxyl groups is 2. The van der Waals surface area contributed by atoms with E-state index in [-0.39, 0.29) is 41.3 Å². The second kappa shape index (κ2) is 15.4. The number of methoxy groups -OCH3 is 1. The predicted octanol–water partition coefficient (Wildman–Crippen LogP) is 7.76. The van der Waals surface area contributed by atoms with Gasteiger partial charge in [0.05, 0.1) is 17.3 Å². The zero-order valence-corrected chi connectivity index (χ0v) is 30.3. The molecule has 4 atom stereocenters. The van der Waals surface area contributed by atoms with Crippen molar-refractivity contribution in [2.75, 3.05) is 26.8 Å². The molecule has 2 aromatic carbocycles. The van der Waals surface area contributed by atoms with Crippen LogP contribution in [0.5, 0.6) is 0 Å². The fourth-order valence-corrected chi connectivity index (χ4v) is 10.4. The number of carbonyl (C=O) groups is 1. The molecule has 272 valence electrons. The lowest BCUT2D eigenvalue weighted by Gasteiger charge is -2.46. The maximum absolute atomic E-state index is 14.2. The van der Waals surface area contributed by atoms with Gasteiger partial charge < -0.3 is 14.9 Å². The van der Waals surface area contributed by atoms with E-state index in [1.54, 1.807) is 30.7 Å². The molecule has 0 radical (unpaired) electrons. The molecule has 7 nitrogen and oxygen atoms in total. The predicted molar refractivity (Wildman–Crippen MR) is 188 cm³/mol. The number of carbonyl (C=O) groups excluding carboxylic acids is 1. The van der Waals surface area contributed by atoms with Crippen molar-refractivity contribution in [2.45, 2.75) is 93.2 Å². The first-order chi connectivity index (χ1) is 23.6. The van der Waals surface area contributed by atoms with Gasteiger partial charge in [0.1, 0.15) is 4.21 Å². The average molecular weight is 734 g/mol. The van der Waals surface area contributed by atoms with Gasteiger partial charge in [-0.3, -0.25) is 4.79 Å². The van der Waals surface area contributed by atoms with Crippen LogP contribution in [-0.4, -0.2) is 67.2 Å². The number of alkyl halides is 3. The van der Waals surface area contributed by atoms with Gasteiger partial charge in [0.25, 0.3) is 10.0 Å². The Labute approximate surface area is 296 Å². The Bertz CT molecular complexity index is 1790. The lowest BCUT2D eigenvalue weighted by Crippen LogP contribution is -2.54. The number of thiophene rings is 1. The minimum absolute atomic E-state index is 0.111. The highest BCUT2D eigenvalue weighted by molar-refractivity contribution is 7.91. The molecule has 1 heterocycles. The van der Waals surface area contributed by atoms with Crippen molar-refractivity contribution < 1.29 is 41.3 Å². The third kappa shape index (κ3) is 8.11. The summed E-state index contributed by atoms with van der Waals surface area (Å²) in [4.78, 5) is 14.2. The SMILES string of the molecule is COCCCN(CC1(O)CCC2c3ccc(cc3C(=O)c3cccc(C(F)(F)F)c3)CC(O)CCC(C)=CCCC21C)S(=O)(=O)c1cccs1. The van der Waals surface area contributed by atoms with E-state index in [9.17, 15) is 36.6 Å². The Morgan fingerprint density at radius 3 is 2.58 bits per heavy atom. The number of sulfonamides is 1. The molecule has 1 saturated carbocycles. The molecule has 12 heteroatoms. The molecule has 50 heavy (non-hydrogen) atoms. The smallest absolute Gasteiger partial charge is 0.393 e. The number of hydrogen-bond donors (Lipinski definition) is 2. The Balaban J connectivity index is 1.63. The monoisotopic (exact) mass is 733 g/mol. The van der Waals surface area contributed by atoms with Crippen LogP contribution >= 0.6 is 11.3 Å². The number of halogens is 3. The van der Waals surface area contributed by atoms with Crippen LogP contribution in [0.2, 0.25) is 0 Å². The van der Waals surface area contributed by atoms with Gasteiger partial charge in [-0.2, -0.15) is 17.5 Å². The van der Waals surface area contributed by atoms with Gasteiger partial charge in [-0.1, -0.05) is 48.9 Å². The van der Waals surface area contributed by atoms with Gasteiger partial charge in [-0.05, 0) is 105 Å². The summed E-state index contributed by atoms with van der Waals surface area (Å²) in [5.74, 6) is -1.01. The molecule has 3 aliphatic carbocycles. The molecule has 3 aromatic rings. The fraction of sp³-hybridized carbons (Fsp3) is 0.500. The van der Waals surface area contributed by atoms with Gasteiger partial charge >= 0.3 is 6.18 Å². The molecule has 2 N–H and O–H groups in total. The lowest BCUT2D eigenvalue weighted by molar-refractivity contribution is -0.137. The molecule has 1 fully saturated rings. The Morgan fingerprint density at radius 2 is 1.88 bits per heavy atom. The molecule has 0 aliphatic heterocycles. The lowest BCUT2D eigenvalue weighted by atomic mass is 9.64. The average Bonchev–Trinajstić information content (AvgIpc) is 3.70. The highest BCUT2D eigenvalue weighted by Gasteiger charge is 2.58. The van der Waals surface area contributed by atoms with Crippen LogP contribution in [-0.2, 0) is 27.4 Å². The summed E-state index contributed by atoms with van der Waals surface area (Å²) in [6, 6.07) is 12.9. The van der Waals surface area contributed by atoms with E-state index < -0.39 is 50.6 Å². The molecule has 0 amide bonds. The molecule has 1 aromatic heterocycles. The Kier molecular flexibility index (Phi) is 11.8. The van der Waals surface area contributed by atoms with Crippen LogP contribution < -0.4 is 0 Å². The van der Waals surface area contributed by atoms with Crippen LogP contribution in [0.25, 0.3) is 0 Å². The minimum atomic E-state index is -4.64. The van der Waals surface area contributed by atoms with E-state index in [1.165, 1.54) is 16.4 Å². The van der Waals surface area contributed by atoms with Gasteiger partial charge in [0.2, 0.25) is 0 Å². The number of aliphatic hydroxyl groups excluding tert-OH is 1. The first-order valence-electron chi connectivity index (χ1n) is 17.0. The number of allylic oxidation sites excluding steroid dienone is 2. The first kappa shape index (κ1) is 38.4. The summed E-state index contributed by atoms with van der Waals surface area (Å²) >= 11 is 1.11. The van der Waals surface area contributed by atoms with Crippen molar-refractivity contribution >= 4 is 27.1 Å². The molecule has 3 aliphatic rings. The number of ether oxygens (including phenoxy) is 1. The van der Waals surface area contributed by atoms with E-state index >= 15 is 0 Å². The maximum Gasteiger partial charge on any atom is 0.416 e. The third-order valence-corrected chi connectivity index (χ3v) is 13.9. The number of hydrogen-bond acceptors (Lipinski definition) is 7. The standard InChI is InChI=1S/C38H46F3NO6S2/c1-26-8-5-17-36(2)33(16-18-37(36,45)25-42(19-7-20-48-3)50(46,47)34-11-6-21-49-34)31-15-13-27(22-30(43)14-12-26)23-32(31)35(44)28-9-4-10-29(24-28)38(39,40)41/h4,6,8-11,13,15,21,23-24,30,33,43,45H,5,7,12,14,16-20,22,25H2,1-3H3. The Hall–Kier alpha value is -2.87. The molecular formula is C38H46F3NO6S2. The number of fused-ring (bicyclic) bond motifs is 8. The summed E-state index contributed by atoms with van der Waals surface area (Å²) in [5, 5.41) is 25.3. The highest BCUT2D eigenvalue weighted by Crippen LogP contribution is 2.59. The fourth-order valence-electron chi connectivity index (χ4n) is 7.69. The molecule has 0 spiro atoms. The quantitative estimate of drug-likeness (QED) is 0.125. The highest BCUT2D eigenvalue weighted by atomic mass is 32.2. The van der Waals surface area contributed by atoms with Crippen molar-refractivity contribution in [3.63, 3.8) is 0 Å². The number of ketones is 1. The normalized spacial score (nSPS) is 24.9. The van der Waals surface area contributed by atoms with E-state index in [0.29, 0.717) is 56.3 Å². The first-order valence-corrected chi connectivity index (χ1v) is 19.3. The number of nitrogens with zero attached hydrogens (tertiary/aromatic N) is 1. The molecular weight excluding hydrogens is 688 g/mol. The molecule has 4 unspecified atom stereocenters. The van der Waals surface area contributed by atoms with Gasteiger partial charge in [0.15, 0.2) is 5.78 Å². The zero-order chi connectivity index (χ0) is 36.3. The summed E-state index contributed by atoms with van der Waals surface area (Å²) in [6.07, 6.45) is 0.278. The summed E-state index contributed by atoms with van der Waals surface area (Å²) in [7, 11) is -2.42. The van der Waals surface area contributed by atoms with Crippen molar-refractivity contribution in [2.24, 2.45) is 5.41 Å². The largest absolute Gasteiger partial charge is 0.416 e. The topological polar surface area (TPSA) is 104 Å². The number of benzene rings is 2. The van der Waals surface area contributed by atoms with Crippen molar-refractivity contribution in [1.29, 1.82) is 0 Å². The van der Waals surface area contributed by atoms with E-state index in [2.05, 4.69) is 6.08 Å². The third-order valence-electron chi connectivity index (χ3n) is 10.7. The summed E-state index contributed by atoms with van der Waals surface area (Å²) < 4.78 is 75.7. The van der Waals surface area contributed by atoms with E-state index in [0.717, 1.165) is 29.0 Å². The molecule has 0 saturated heterocycles. The zero-order valence-electron chi connectivity index (χ0n) is 28.7. The second-order valence-corrected chi connectivity index (χ2v) is 17.1. The summed E-state index contributed by atoms with van der Waals surface area (Å²) in [6.45, 7) is 4.24. The minimum Gasteiger partial charge on any atom is -0.393 e.